The molecule has 1 aromatic rings. The fourth-order valence-electron chi connectivity index (χ4n) is 3.18. The maximum atomic E-state index is 12.5. The first-order valence-electron chi connectivity index (χ1n) is 7.86. The molecule has 0 spiro atoms. The number of ether oxygens (including phenoxy) is 1. The van der Waals surface area contributed by atoms with E-state index in [9.17, 15) is 4.79 Å². The molecule has 3 rings (SSSR count). The van der Waals surface area contributed by atoms with Crippen LogP contribution >= 0.6 is 0 Å². The van der Waals surface area contributed by atoms with Gasteiger partial charge < -0.3 is 14.5 Å². The maximum absolute atomic E-state index is 12.5. The highest BCUT2D eigenvalue weighted by Gasteiger charge is 2.41. The lowest BCUT2D eigenvalue weighted by atomic mass is 10.1. The second kappa shape index (κ2) is 6.73. The predicted octanol–water partition coefficient (Wildman–Crippen LogP) is 0.168. The van der Waals surface area contributed by atoms with Crippen molar-refractivity contribution in [3.63, 3.8) is 0 Å². The van der Waals surface area contributed by atoms with E-state index in [-0.39, 0.29) is 12.0 Å². The summed E-state index contributed by atoms with van der Waals surface area (Å²) in [6, 6.07) is 5.76. The Morgan fingerprint density at radius 1 is 1.41 bits per heavy atom. The van der Waals surface area contributed by atoms with Crippen LogP contribution in [0.1, 0.15) is 10.5 Å². The molecule has 1 aromatic heterocycles. The number of fused-ring (bicyclic) bond motifs is 1. The Labute approximate surface area is 131 Å². The van der Waals surface area contributed by atoms with Crippen LogP contribution in [0.3, 0.4) is 0 Å². The largest absolute Gasteiger partial charge is 0.373 e. The van der Waals surface area contributed by atoms with Gasteiger partial charge in [0.05, 0.1) is 18.8 Å². The van der Waals surface area contributed by atoms with Gasteiger partial charge in [-0.1, -0.05) is 6.07 Å². The van der Waals surface area contributed by atoms with E-state index in [2.05, 4.69) is 28.9 Å². The van der Waals surface area contributed by atoms with E-state index < -0.39 is 0 Å². The Kier molecular flexibility index (Phi) is 4.71. The summed E-state index contributed by atoms with van der Waals surface area (Å²) in [6.07, 6.45) is 1.79. The fraction of sp³-hybridized carbons (Fsp3) is 0.625. The van der Waals surface area contributed by atoms with Crippen molar-refractivity contribution in [1.82, 2.24) is 19.7 Å². The molecule has 2 atom stereocenters. The van der Waals surface area contributed by atoms with Gasteiger partial charge in [0.2, 0.25) is 0 Å². The van der Waals surface area contributed by atoms with Gasteiger partial charge in [0.15, 0.2) is 0 Å². The van der Waals surface area contributed by atoms with Gasteiger partial charge in [-0.05, 0) is 26.2 Å². The minimum Gasteiger partial charge on any atom is -0.373 e. The van der Waals surface area contributed by atoms with Crippen LogP contribution in [-0.2, 0) is 4.74 Å². The molecule has 0 aliphatic carbocycles. The van der Waals surface area contributed by atoms with Gasteiger partial charge in [0, 0.05) is 38.9 Å². The van der Waals surface area contributed by atoms with Gasteiger partial charge in [-0.15, -0.1) is 0 Å². The standard InChI is InChI=1S/C16H24N4O2/c1-18(2)7-8-19-9-10-22-15-12-20(11-14(15)19)16(21)13-5-3-4-6-17-13/h3-6,14-15H,7-12H2,1-2H3/t14-,15+/m0/s1. The zero-order valence-electron chi connectivity index (χ0n) is 13.3. The number of amides is 1. The normalized spacial score (nSPS) is 25.5. The van der Waals surface area contributed by atoms with Crippen molar-refractivity contribution in [2.75, 3.05) is 53.4 Å². The number of hydrogen-bond acceptors (Lipinski definition) is 5. The highest BCUT2D eigenvalue weighted by Crippen LogP contribution is 2.23. The molecule has 1 amide bonds. The number of likely N-dealkylation sites (tertiary alicyclic amines) is 1. The molecule has 120 valence electrons. The fourth-order valence-corrected chi connectivity index (χ4v) is 3.18. The lowest BCUT2D eigenvalue weighted by Crippen LogP contribution is -2.52. The Hall–Kier alpha value is -1.50. The number of carbonyl (C=O) groups excluding carboxylic acids is 1. The zero-order valence-corrected chi connectivity index (χ0v) is 13.3. The van der Waals surface area contributed by atoms with Crippen molar-refractivity contribution >= 4 is 5.91 Å². The van der Waals surface area contributed by atoms with E-state index in [1.54, 1.807) is 12.3 Å². The first kappa shape index (κ1) is 15.4. The van der Waals surface area contributed by atoms with Crippen LogP contribution in [0.5, 0.6) is 0 Å². The zero-order chi connectivity index (χ0) is 15.5. The highest BCUT2D eigenvalue weighted by atomic mass is 16.5. The number of likely N-dealkylation sites (N-methyl/N-ethyl adjacent to an activating group) is 1. The van der Waals surface area contributed by atoms with Gasteiger partial charge >= 0.3 is 0 Å². The summed E-state index contributed by atoms with van der Waals surface area (Å²) in [5, 5.41) is 0. The molecule has 6 nitrogen and oxygen atoms in total. The summed E-state index contributed by atoms with van der Waals surface area (Å²) in [5.74, 6) is 0.00570. The smallest absolute Gasteiger partial charge is 0.272 e. The highest BCUT2D eigenvalue weighted by molar-refractivity contribution is 5.92. The first-order valence-corrected chi connectivity index (χ1v) is 7.86. The third kappa shape index (κ3) is 3.29. The number of hydrogen-bond donors (Lipinski definition) is 0. The van der Waals surface area contributed by atoms with E-state index in [0.717, 1.165) is 32.8 Å². The van der Waals surface area contributed by atoms with Crippen molar-refractivity contribution < 1.29 is 9.53 Å². The monoisotopic (exact) mass is 304 g/mol. The third-order valence-electron chi connectivity index (χ3n) is 4.42. The molecular formula is C16H24N4O2. The third-order valence-corrected chi connectivity index (χ3v) is 4.42. The SMILES string of the molecule is CN(C)CCN1CCO[C@@H]2CN(C(=O)c3ccccn3)C[C@@H]21. The van der Waals surface area contributed by atoms with Gasteiger partial charge in [0.25, 0.3) is 5.91 Å². The summed E-state index contributed by atoms with van der Waals surface area (Å²) in [7, 11) is 4.17. The molecule has 6 heteroatoms. The van der Waals surface area contributed by atoms with E-state index in [1.165, 1.54) is 0 Å². The van der Waals surface area contributed by atoms with Crippen LogP contribution in [-0.4, -0.2) is 91.2 Å². The van der Waals surface area contributed by atoms with Gasteiger partial charge in [-0.25, -0.2) is 0 Å². The molecule has 0 N–H and O–H groups in total. The average Bonchev–Trinajstić information content (AvgIpc) is 2.97. The van der Waals surface area contributed by atoms with Crippen molar-refractivity contribution in [3.8, 4) is 0 Å². The summed E-state index contributed by atoms with van der Waals surface area (Å²) < 4.78 is 5.89. The van der Waals surface area contributed by atoms with Gasteiger partial charge in [-0.3, -0.25) is 14.7 Å². The summed E-state index contributed by atoms with van der Waals surface area (Å²) in [6.45, 7) is 5.13. The lowest BCUT2D eigenvalue weighted by Gasteiger charge is -2.37. The van der Waals surface area contributed by atoms with Crippen molar-refractivity contribution in [1.29, 1.82) is 0 Å². The molecule has 0 aromatic carbocycles. The molecule has 3 heterocycles. The number of aromatic nitrogens is 1. The van der Waals surface area contributed by atoms with Crippen LogP contribution in [0, 0.1) is 0 Å². The van der Waals surface area contributed by atoms with Crippen molar-refractivity contribution in [2.45, 2.75) is 12.1 Å². The number of pyridine rings is 1. The predicted molar refractivity (Wildman–Crippen MR) is 83.8 cm³/mol. The Bertz CT molecular complexity index is 508. The second-order valence-electron chi connectivity index (χ2n) is 6.24. The van der Waals surface area contributed by atoms with Gasteiger partial charge in [0.1, 0.15) is 5.69 Å². The number of morpholine rings is 1. The van der Waals surface area contributed by atoms with Crippen LogP contribution in [0.4, 0.5) is 0 Å². The van der Waals surface area contributed by atoms with Crippen LogP contribution in [0.2, 0.25) is 0 Å². The summed E-state index contributed by atoms with van der Waals surface area (Å²) >= 11 is 0. The Morgan fingerprint density at radius 2 is 2.27 bits per heavy atom. The maximum Gasteiger partial charge on any atom is 0.272 e. The van der Waals surface area contributed by atoms with Crippen LogP contribution < -0.4 is 0 Å². The van der Waals surface area contributed by atoms with E-state index in [0.29, 0.717) is 18.3 Å². The molecule has 0 radical (unpaired) electrons. The second-order valence-corrected chi connectivity index (χ2v) is 6.24. The first-order chi connectivity index (χ1) is 10.6. The molecular weight excluding hydrogens is 280 g/mol. The molecule has 0 saturated carbocycles. The molecule has 22 heavy (non-hydrogen) atoms. The Balaban J connectivity index is 1.65. The minimum atomic E-state index is 0.00570. The molecule has 0 bridgehead atoms. The number of carbonyl (C=O) groups is 1. The topological polar surface area (TPSA) is 48.9 Å². The number of rotatable bonds is 4. The van der Waals surface area contributed by atoms with Gasteiger partial charge in [-0.2, -0.15) is 0 Å². The van der Waals surface area contributed by atoms with E-state index in [1.807, 2.05) is 17.0 Å². The molecule has 2 fully saturated rings. The molecule has 2 saturated heterocycles. The van der Waals surface area contributed by atoms with E-state index >= 15 is 0 Å². The minimum absolute atomic E-state index is 0.00570. The lowest BCUT2D eigenvalue weighted by molar-refractivity contribution is -0.0482. The molecule has 2 aliphatic rings. The average molecular weight is 304 g/mol. The van der Waals surface area contributed by atoms with Crippen molar-refractivity contribution in [2.24, 2.45) is 0 Å². The van der Waals surface area contributed by atoms with E-state index in [4.69, 9.17) is 4.74 Å². The van der Waals surface area contributed by atoms with Crippen LogP contribution in [0.15, 0.2) is 24.4 Å². The molecule has 0 unspecified atom stereocenters. The quantitative estimate of drug-likeness (QED) is 0.793. The molecule has 2 aliphatic heterocycles. The van der Waals surface area contributed by atoms with Crippen LogP contribution in [0.25, 0.3) is 0 Å². The number of nitrogens with zero attached hydrogens (tertiary/aromatic N) is 4. The summed E-state index contributed by atoms with van der Waals surface area (Å²) in [5.41, 5.74) is 0.515. The summed E-state index contributed by atoms with van der Waals surface area (Å²) in [4.78, 5) is 23.2. The Morgan fingerprint density at radius 3 is 3.00 bits per heavy atom. The van der Waals surface area contributed by atoms with Crippen molar-refractivity contribution in [3.05, 3.63) is 30.1 Å².